The largest absolute Gasteiger partial charge is 0.348 e. The Morgan fingerprint density at radius 3 is 2.03 bits per heavy atom. The van der Waals surface area contributed by atoms with E-state index in [-0.39, 0.29) is 33.7 Å². The molecule has 1 N–H and O–H groups in total. The van der Waals surface area contributed by atoms with Gasteiger partial charge in [-0.25, -0.2) is 8.42 Å². The number of sulfonamides is 1. The lowest BCUT2D eigenvalue weighted by Gasteiger charge is -2.24. The highest BCUT2D eigenvalue weighted by atomic mass is 35.5. The molecule has 0 fully saturated rings. The third-order valence-electron chi connectivity index (χ3n) is 4.48. The van der Waals surface area contributed by atoms with Crippen LogP contribution in [-0.4, -0.2) is 27.1 Å². The molecule has 0 radical (unpaired) electrons. The third-order valence-corrected chi connectivity index (χ3v) is 6.05. The molecule has 0 saturated heterocycles. The van der Waals surface area contributed by atoms with Gasteiger partial charge in [-0.15, -0.1) is 0 Å². The smallest absolute Gasteiger partial charge is 0.241 e. The van der Waals surface area contributed by atoms with Gasteiger partial charge in [0.15, 0.2) is 0 Å². The molecule has 0 aliphatic carbocycles. The number of halogens is 2. The molecule has 0 aliphatic heterocycles. The molecule has 0 saturated carbocycles. The molecule has 5 nitrogen and oxygen atoms in total. The quantitative estimate of drug-likeness (QED) is 0.669. The molecule has 0 spiro atoms. The lowest BCUT2D eigenvalue weighted by molar-refractivity contribution is -0.120. The summed E-state index contributed by atoms with van der Waals surface area (Å²) in [5.74, 6) is -0.432. The maximum absolute atomic E-state index is 12.6. The molecular formula is C21H26Cl2N2O3S. The molecule has 2 aromatic rings. The minimum Gasteiger partial charge on any atom is -0.348 e. The fraction of sp³-hybridized carbons (Fsp3) is 0.381. The van der Waals surface area contributed by atoms with Gasteiger partial charge in [-0.1, -0.05) is 68.2 Å². The van der Waals surface area contributed by atoms with E-state index >= 15 is 0 Å². The highest BCUT2D eigenvalue weighted by Crippen LogP contribution is 2.27. The summed E-state index contributed by atoms with van der Waals surface area (Å²) >= 11 is 12.0. The van der Waals surface area contributed by atoms with Crippen molar-refractivity contribution in [1.29, 1.82) is 0 Å². The van der Waals surface area contributed by atoms with Crippen LogP contribution in [0.4, 0.5) is 5.69 Å². The normalized spacial score (nSPS) is 13.1. The molecule has 29 heavy (non-hydrogen) atoms. The fourth-order valence-electron chi connectivity index (χ4n) is 2.86. The molecule has 1 amide bonds. The molecule has 0 aromatic heterocycles. The van der Waals surface area contributed by atoms with Crippen LogP contribution in [0.25, 0.3) is 0 Å². The Morgan fingerprint density at radius 2 is 1.59 bits per heavy atom. The number of benzene rings is 2. The van der Waals surface area contributed by atoms with E-state index in [1.165, 1.54) is 23.8 Å². The Hall–Kier alpha value is -1.76. The van der Waals surface area contributed by atoms with Crippen LogP contribution in [0.1, 0.15) is 44.9 Å². The van der Waals surface area contributed by atoms with Gasteiger partial charge in [-0.2, -0.15) is 0 Å². The maximum atomic E-state index is 12.6. The minimum absolute atomic E-state index is 0.0409. The van der Waals surface area contributed by atoms with E-state index in [2.05, 4.69) is 26.1 Å². The SMILES string of the molecule is CC(NC(=O)CN(c1cc(Cl)cc(Cl)c1)S(C)(=O)=O)c1ccc(C(C)(C)C)cc1. The molecule has 0 bridgehead atoms. The zero-order chi connectivity index (χ0) is 22.0. The first kappa shape index (κ1) is 23.5. The van der Waals surface area contributed by atoms with Crippen LogP contribution in [0.5, 0.6) is 0 Å². The van der Waals surface area contributed by atoms with Gasteiger partial charge < -0.3 is 5.32 Å². The van der Waals surface area contributed by atoms with Crippen molar-refractivity contribution < 1.29 is 13.2 Å². The maximum Gasteiger partial charge on any atom is 0.241 e. The Kier molecular flexibility index (Phi) is 7.25. The number of hydrogen-bond donors (Lipinski definition) is 1. The van der Waals surface area contributed by atoms with Gasteiger partial charge in [0.25, 0.3) is 0 Å². The lowest BCUT2D eigenvalue weighted by atomic mass is 9.86. The second-order valence-electron chi connectivity index (χ2n) is 8.06. The third kappa shape index (κ3) is 6.63. The monoisotopic (exact) mass is 456 g/mol. The first-order valence-corrected chi connectivity index (χ1v) is 11.7. The van der Waals surface area contributed by atoms with Gasteiger partial charge in [0.05, 0.1) is 18.0 Å². The van der Waals surface area contributed by atoms with Crippen molar-refractivity contribution in [2.75, 3.05) is 17.1 Å². The highest BCUT2D eigenvalue weighted by molar-refractivity contribution is 7.92. The van der Waals surface area contributed by atoms with Crippen LogP contribution in [-0.2, 0) is 20.2 Å². The number of hydrogen-bond acceptors (Lipinski definition) is 3. The van der Waals surface area contributed by atoms with Crippen LogP contribution in [0, 0.1) is 0 Å². The number of rotatable bonds is 6. The average Bonchev–Trinajstić information content (AvgIpc) is 2.57. The topological polar surface area (TPSA) is 66.5 Å². The molecule has 1 unspecified atom stereocenters. The van der Waals surface area contributed by atoms with Crippen LogP contribution in [0.3, 0.4) is 0 Å². The van der Waals surface area contributed by atoms with Gasteiger partial charge in [-0.05, 0) is 41.7 Å². The van der Waals surface area contributed by atoms with Crippen molar-refractivity contribution in [2.45, 2.75) is 39.2 Å². The zero-order valence-electron chi connectivity index (χ0n) is 17.2. The van der Waals surface area contributed by atoms with Crippen LogP contribution < -0.4 is 9.62 Å². The van der Waals surface area contributed by atoms with E-state index in [0.29, 0.717) is 0 Å². The Bertz CT molecular complexity index is 964. The summed E-state index contributed by atoms with van der Waals surface area (Å²) < 4.78 is 25.5. The summed E-state index contributed by atoms with van der Waals surface area (Å²) in [5, 5.41) is 3.42. The first-order chi connectivity index (χ1) is 13.3. The molecule has 8 heteroatoms. The van der Waals surface area contributed by atoms with E-state index in [1.54, 1.807) is 0 Å². The highest BCUT2D eigenvalue weighted by Gasteiger charge is 2.23. The molecular weight excluding hydrogens is 431 g/mol. The predicted molar refractivity (Wildman–Crippen MR) is 120 cm³/mol. The Morgan fingerprint density at radius 1 is 1.07 bits per heavy atom. The number of carbonyl (C=O) groups excluding carboxylic acids is 1. The molecule has 0 aliphatic rings. The number of anilines is 1. The molecule has 158 valence electrons. The minimum atomic E-state index is -3.71. The van der Waals surface area contributed by atoms with Crippen molar-refractivity contribution in [3.63, 3.8) is 0 Å². The molecule has 1 atom stereocenters. The van der Waals surface area contributed by atoms with Gasteiger partial charge >= 0.3 is 0 Å². The summed E-state index contributed by atoms with van der Waals surface area (Å²) in [6.07, 6.45) is 1.03. The van der Waals surface area contributed by atoms with Crippen molar-refractivity contribution in [3.05, 3.63) is 63.6 Å². The summed E-state index contributed by atoms with van der Waals surface area (Å²) in [5.41, 5.74) is 2.41. The predicted octanol–water partition coefficient (Wildman–Crippen LogP) is 4.93. The van der Waals surface area contributed by atoms with Crippen molar-refractivity contribution in [2.24, 2.45) is 0 Å². The Balaban J connectivity index is 2.16. The van der Waals surface area contributed by atoms with Crippen molar-refractivity contribution in [3.8, 4) is 0 Å². The molecule has 2 aromatic carbocycles. The van der Waals surface area contributed by atoms with Crippen LogP contribution in [0.15, 0.2) is 42.5 Å². The van der Waals surface area contributed by atoms with Gasteiger partial charge in [-0.3, -0.25) is 9.10 Å². The summed E-state index contributed by atoms with van der Waals surface area (Å²) in [6.45, 7) is 7.88. The van der Waals surface area contributed by atoms with Crippen molar-refractivity contribution in [1.82, 2.24) is 5.32 Å². The Labute approximate surface area is 183 Å². The lowest BCUT2D eigenvalue weighted by Crippen LogP contribution is -2.41. The first-order valence-electron chi connectivity index (χ1n) is 9.11. The van der Waals surface area contributed by atoms with E-state index < -0.39 is 15.9 Å². The number of nitrogens with one attached hydrogen (secondary N) is 1. The van der Waals surface area contributed by atoms with E-state index in [0.717, 1.165) is 16.1 Å². The fourth-order valence-corrected chi connectivity index (χ4v) is 4.21. The standard InChI is InChI=1S/C21H26Cl2N2O3S/c1-14(15-6-8-16(9-7-15)21(2,3)4)24-20(26)13-25(29(5,27)28)19-11-17(22)10-18(23)12-19/h6-12,14H,13H2,1-5H3,(H,24,26). The van der Waals surface area contributed by atoms with E-state index in [1.807, 2.05) is 31.2 Å². The number of amides is 1. The van der Waals surface area contributed by atoms with Gasteiger partial charge in [0.1, 0.15) is 6.54 Å². The second kappa shape index (κ2) is 8.94. The van der Waals surface area contributed by atoms with Crippen LogP contribution >= 0.6 is 23.2 Å². The van der Waals surface area contributed by atoms with Gasteiger partial charge in [0, 0.05) is 10.0 Å². The van der Waals surface area contributed by atoms with Gasteiger partial charge in [0.2, 0.25) is 15.9 Å². The molecule has 0 heterocycles. The number of nitrogens with zero attached hydrogens (tertiary/aromatic N) is 1. The average molecular weight is 457 g/mol. The number of carbonyl (C=O) groups is 1. The summed E-state index contributed by atoms with van der Waals surface area (Å²) in [7, 11) is -3.71. The second-order valence-corrected chi connectivity index (χ2v) is 10.8. The zero-order valence-corrected chi connectivity index (χ0v) is 19.5. The van der Waals surface area contributed by atoms with Crippen LogP contribution in [0.2, 0.25) is 10.0 Å². The summed E-state index contributed by atoms with van der Waals surface area (Å²) in [4.78, 5) is 12.6. The van der Waals surface area contributed by atoms with E-state index in [4.69, 9.17) is 23.2 Å². The summed E-state index contributed by atoms with van der Waals surface area (Å²) in [6, 6.07) is 12.1. The van der Waals surface area contributed by atoms with Crippen molar-refractivity contribution >= 4 is 44.8 Å². The van der Waals surface area contributed by atoms with E-state index in [9.17, 15) is 13.2 Å². The molecule has 2 rings (SSSR count).